The zero-order valence-corrected chi connectivity index (χ0v) is 11.7. The first-order valence-electron chi connectivity index (χ1n) is 5.84. The van der Waals surface area contributed by atoms with Gasteiger partial charge in [-0.1, -0.05) is 11.8 Å². The number of amides is 1. The van der Waals surface area contributed by atoms with Crippen molar-refractivity contribution in [3.63, 3.8) is 0 Å². The second-order valence-corrected chi connectivity index (χ2v) is 4.53. The molecule has 1 heterocycles. The van der Waals surface area contributed by atoms with E-state index in [9.17, 15) is 9.59 Å². The second-order valence-electron chi connectivity index (χ2n) is 3.62. The Balaban J connectivity index is 2.73. The van der Waals surface area contributed by atoms with Gasteiger partial charge in [-0.2, -0.15) is 0 Å². The van der Waals surface area contributed by atoms with Gasteiger partial charge in [-0.05, 0) is 25.3 Å². The highest BCUT2D eigenvalue weighted by atomic mass is 32.1. The molecule has 1 rings (SSSR count). The number of rotatable bonds is 4. The van der Waals surface area contributed by atoms with Crippen LogP contribution in [0.4, 0.5) is 0 Å². The molecule has 0 saturated heterocycles. The van der Waals surface area contributed by atoms with E-state index in [2.05, 4.69) is 17.2 Å². The largest absolute Gasteiger partial charge is 0.464 e. The summed E-state index contributed by atoms with van der Waals surface area (Å²) in [6.45, 7) is 3.81. The van der Waals surface area contributed by atoms with Crippen LogP contribution in [0.5, 0.6) is 0 Å². The summed E-state index contributed by atoms with van der Waals surface area (Å²) in [6, 6.07) is 1.06. The molecule has 0 aromatic carbocycles. The first-order chi connectivity index (χ1) is 9.10. The van der Waals surface area contributed by atoms with Gasteiger partial charge in [-0.3, -0.25) is 4.79 Å². The molecule has 0 aliphatic rings. The highest BCUT2D eigenvalue weighted by Crippen LogP contribution is 2.15. The van der Waals surface area contributed by atoms with Crippen LogP contribution in [-0.2, 0) is 9.53 Å². The van der Waals surface area contributed by atoms with Gasteiger partial charge in [0, 0.05) is 5.56 Å². The van der Waals surface area contributed by atoms with Gasteiger partial charge in [0.2, 0.25) is 0 Å². The molecule has 1 atom stereocenters. The Morgan fingerprint density at radius 3 is 2.95 bits per heavy atom. The Morgan fingerprint density at radius 2 is 2.32 bits per heavy atom. The molecular weight excluding hydrogens is 264 g/mol. The van der Waals surface area contributed by atoms with Crippen LogP contribution in [0.15, 0.2) is 11.4 Å². The van der Waals surface area contributed by atoms with Crippen LogP contribution in [0.1, 0.15) is 29.1 Å². The molecule has 102 valence electrons. The van der Waals surface area contributed by atoms with Gasteiger partial charge in [-0.15, -0.1) is 11.3 Å². The van der Waals surface area contributed by atoms with Gasteiger partial charge in [0.15, 0.2) is 0 Å². The zero-order chi connectivity index (χ0) is 14.3. The Kier molecular flexibility index (Phi) is 6.06. The Hall–Kier alpha value is -1.84. The van der Waals surface area contributed by atoms with Gasteiger partial charge in [-0.25, -0.2) is 4.79 Å². The van der Waals surface area contributed by atoms with Crippen LogP contribution in [0, 0.1) is 11.8 Å². The van der Waals surface area contributed by atoms with E-state index in [-0.39, 0.29) is 19.1 Å². The van der Waals surface area contributed by atoms with E-state index in [0.717, 1.165) is 0 Å². The lowest BCUT2D eigenvalue weighted by molar-refractivity contribution is -0.144. The van der Waals surface area contributed by atoms with Crippen molar-refractivity contribution in [1.29, 1.82) is 0 Å². The third kappa shape index (κ3) is 4.39. The Bertz CT molecular complexity index is 513. The molecule has 0 aliphatic heterocycles. The molecule has 0 bridgehead atoms. The van der Waals surface area contributed by atoms with Crippen molar-refractivity contribution in [1.82, 2.24) is 5.32 Å². The first-order valence-corrected chi connectivity index (χ1v) is 6.72. The molecule has 0 radical (unpaired) electrons. The number of carbonyl (C=O) groups excluding carboxylic acids is 2. The minimum Gasteiger partial charge on any atom is -0.464 e. The highest BCUT2D eigenvalue weighted by molar-refractivity contribution is 7.12. The summed E-state index contributed by atoms with van der Waals surface area (Å²) in [5.74, 6) is 4.72. The summed E-state index contributed by atoms with van der Waals surface area (Å²) in [7, 11) is 0. The van der Waals surface area contributed by atoms with Crippen LogP contribution in [0.25, 0.3) is 0 Å². The van der Waals surface area contributed by atoms with Crippen molar-refractivity contribution in [2.75, 3.05) is 13.2 Å². The van der Waals surface area contributed by atoms with E-state index in [0.29, 0.717) is 10.4 Å². The molecule has 0 spiro atoms. The maximum absolute atomic E-state index is 12.0. The van der Waals surface area contributed by atoms with Gasteiger partial charge in [0.25, 0.3) is 5.91 Å². The minimum atomic E-state index is -0.690. The molecule has 3 N–H and O–H groups in total. The van der Waals surface area contributed by atoms with Crippen LogP contribution in [-0.4, -0.2) is 31.1 Å². The number of esters is 1. The maximum Gasteiger partial charge on any atom is 0.328 e. The van der Waals surface area contributed by atoms with Crippen LogP contribution in [0.2, 0.25) is 0 Å². The molecule has 6 heteroatoms. The van der Waals surface area contributed by atoms with Crippen LogP contribution in [0.3, 0.4) is 0 Å². The van der Waals surface area contributed by atoms with E-state index in [1.54, 1.807) is 25.3 Å². The van der Waals surface area contributed by atoms with E-state index >= 15 is 0 Å². The van der Waals surface area contributed by atoms with Gasteiger partial charge < -0.3 is 15.8 Å². The van der Waals surface area contributed by atoms with Gasteiger partial charge in [0.1, 0.15) is 10.9 Å². The molecule has 1 aromatic rings. The topological polar surface area (TPSA) is 81.4 Å². The summed E-state index contributed by atoms with van der Waals surface area (Å²) in [6.07, 6.45) is 0. The lowest BCUT2D eigenvalue weighted by Crippen LogP contribution is -2.39. The lowest BCUT2D eigenvalue weighted by atomic mass is 10.2. The Morgan fingerprint density at radius 1 is 1.58 bits per heavy atom. The summed E-state index contributed by atoms with van der Waals surface area (Å²) < 4.78 is 4.82. The number of carbonyl (C=O) groups is 2. The molecule has 0 fully saturated rings. The number of ether oxygens (including phenoxy) is 1. The lowest BCUT2D eigenvalue weighted by Gasteiger charge is -2.11. The van der Waals surface area contributed by atoms with E-state index in [1.165, 1.54) is 11.3 Å². The molecule has 0 saturated carbocycles. The fourth-order valence-corrected chi connectivity index (χ4v) is 2.07. The third-order valence-corrected chi connectivity index (χ3v) is 3.10. The van der Waals surface area contributed by atoms with Crippen molar-refractivity contribution in [2.45, 2.75) is 19.9 Å². The molecule has 1 amide bonds. The number of hydrogen-bond acceptors (Lipinski definition) is 5. The predicted molar refractivity (Wildman–Crippen MR) is 73.8 cm³/mol. The van der Waals surface area contributed by atoms with Crippen LogP contribution < -0.4 is 11.1 Å². The third-order valence-electron chi connectivity index (χ3n) is 2.18. The highest BCUT2D eigenvalue weighted by Gasteiger charge is 2.19. The number of thiophene rings is 1. The SMILES string of the molecule is CCOC(=O)C(C)NC(=O)c1sccc1C#CCN. The van der Waals surface area contributed by atoms with Gasteiger partial charge in [0.05, 0.1) is 13.2 Å². The standard InChI is InChI=1S/C13H16N2O3S/c1-3-18-13(17)9(2)15-12(16)11-10(5-4-7-14)6-8-19-11/h6,8-9H,3,7,14H2,1-2H3,(H,15,16). The van der Waals surface area contributed by atoms with E-state index in [1.807, 2.05) is 0 Å². The molecule has 5 nitrogen and oxygen atoms in total. The fraction of sp³-hybridized carbons (Fsp3) is 0.385. The first kappa shape index (κ1) is 15.2. The van der Waals surface area contributed by atoms with Crippen molar-refractivity contribution in [3.05, 3.63) is 21.9 Å². The number of hydrogen-bond donors (Lipinski definition) is 2. The number of nitrogens with one attached hydrogen (secondary N) is 1. The summed E-state index contributed by atoms with van der Waals surface area (Å²) in [4.78, 5) is 23.9. The molecular formula is C13H16N2O3S. The fourth-order valence-electron chi connectivity index (χ4n) is 1.32. The van der Waals surface area contributed by atoms with Gasteiger partial charge >= 0.3 is 5.97 Å². The molecule has 19 heavy (non-hydrogen) atoms. The quantitative estimate of drug-likeness (QED) is 0.629. The predicted octanol–water partition coefficient (Wildman–Crippen LogP) is 0.740. The Labute approximate surface area is 116 Å². The van der Waals surface area contributed by atoms with Crippen molar-refractivity contribution in [3.8, 4) is 11.8 Å². The van der Waals surface area contributed by atoms with Crippen molar-refractivity contribution >= 4 is 23.2 Å². The van der Waals surface area contributed by atoms with Crippen molar-refractivity contribution < 1.29 is 14.3 Å². The molecule has 0 aliphatic carbocycles. The minimum absolute atomic E-state index is 0.232. The number of nitrogens with two attached hydrogens (primary N) is 1. The average Bonchev–Trinajstić information content (AvgIpc) is 2.84. The molecule has 1 unspecified atom stereocenters. The summed E-state index contributed by atoms with van der Waals surface area (Å²) >= 11 is 1.27. The average molecular weight is 280 g/mol. The zero-order valence-electron chi connectivity index (χ0n) is 10.9. The van der Waals surface area contributed by atoms with Crippen molar-refractivity contribution in [2.24, 2.45) is 5.73 Å². The monoisotopic (exact) mass is 280 g/mol. The summed E-state index contributed by atoms with van der Waals surface area (Å²) in [5, 5.41) is 4.35. The maximum atomic E-state index is 12.0. The molecule has 1 aromatic heterocycles. The second kappa shape index (κ2) is 7.56. The smallest absolute Gasteiger partial charge is 0.328 e. The normalized spacial score (nSPS) is 11.1. The van der Waals surface area contributed by atoms with E-state index < -0.39 is 12.0 Å². The van der Waals surface area contributed by atoms with E-state index in [4.69, 9.17) is 10.5 Å². The summed E-state index contributed by atoms with van der Waals surface area (Å²) in [5.41, 5.74) is 5.91. The van der Waals surface area contributed by atoms with Crippen LogP contribution >= 0.6 is 11.3 Å².